The number of nitrogens with two attached hydrogens (primary N) is 1. The van der Waals surface area contributed by atoms with Gasteiger partial charge in [0.25, 0.3) is 0 Å². The highest BCUT2D eigenvalue weighted by Gasteiger charge is 2.01. The normalized spacial score (nSPS) is 12.8. The second-order valence-electron chi connectivity index (χ2n) is 2.48. The van der Waals surface area contributed by atoms with Gasteiger partial charge in [0.05, 0.1) is 12.7 Å². The Labute approximate surface area is 64.2 Å². The van der Waals surface area contributed by atoms with E-state index in [1.807, 2.05) is 6.92 Å². The zero-order valence-corrected chi connectivity index (χ0v) is 6.27. The van der Waals surface area contributed by atoms with E-state index in [1.54, 1.807) is 10.9 Å². The molecule has 0 saturated carbocycles. The number of anilines is 1. The molecular weight excluding hydrogens is 144 g/mol. The van der Waals surface area contributed by atoms with Gasteiger partial charge < -0.3 is 10.5 Å². The molecule has 0 aliphatic carbocycles. The van der Waals surface area contributed by atoms with Gasteiger partial charge in [-0.2, -0.15) is 0 Å². The molecule has 2 N–H and O–H groups in total. The number of nitrogens with zero attached hydrogens (tertiary/aromatic N) is 3. The highest BCUT2D eigenvalue weighted by Crippen LogP contribution is 1.97. The molecule has 11 heavy (non-hydrogen) atoms. The van der Waals surface area contributed by atoms with Crippen molar-refractivity contribution in [3.05, 3.63) is 6.20 Å². The minimum absolute atomic E-state index is 0.0453. The van der Waals surface area contributed by atoms with Gasteiger partial charge in [-0.1, -0.05) is 12.1 Å². The lowest BCUT2D eigenvalue weighted by Gasteiger charge is -2.00. The fourth-order valence-electron chi connectivity index (χ4n) is 0.741. The molecule has 1 heterocycles. The van der Waals surface area contributed by atoms with Gasteiger partial charge in [-0.25, -0.2) is 4.68 Å². The molecular formula is C6H10N4O. The molecule has 0 spiro atoms. The van der Waals surface area contributed by atoms with Crippen LogP contribution in [-0.4, -0.2) is 21.3 Å². The Bertz CT molecular complexity index is 244. The molecule has 0 aliphatic heterocycles. The summed E-state index contributed by atoms with van der Waals surface area (Å²) in [5.74, 6) is 0.333. The Kier molecular flexibility index (Phi) is 2.20. The first-order valence-corrected chi connectivity index (χ1v) is 3.33. The van der Waals surface area contributed by atoms with Crippen molar-refractivity contribution in [3.8, 4) is 0 Å². The van der Waals surface area contributed by atoms with Crippen LogP contribution in [0.25, 0.3) is 0 Å². The Morgan fingerprint density at radius 3 is 3.09 bits per heavy atom. The maximum atomic E-state index is 10.2. The van der Waals surface area contributed by atoms with Crippen molar-refractivity contribution >= 4 is 12.1 Å². The van der Waals surface area contributed by atoms with Gasteiger partial charge in [0.1, 0.15) is 6.29 Å². The number of rotatable bonds is 3. The molecule has 0 fully saturated rings. The number of carbonyl (C=O) groups excluding carboxylic acids is 1. The van der Waals surface area contributed by atoms with E-state index in [9.17, 15) is 4.79 Å². The summed E-state index contributed by atoms with van der Waals surface area (Å²) in [4.78, 5) is 10.2. The molecule has 1 aromatic rings. The largest absolute Gasteiger partial charge is 0.381 e. The first-order chi connectivity index (χ1) is 5.22. The van der Waals surface area contributed by atoms with E-state index in [2.05, 4.69) is 10.3 Å². The molecule has 1 rings (SSSR count). The number of hydrogen-bond acceptors (Lipinski definition) is 4. The fraction of sp³-hybridized carbons (Fsp3) is 0.500. The summed E-state index contributed by atoms with van der Waals surface area (Å²) < 4.78 is 1.55. The first kappa shape index (κ1) is 7.71. The standard InChI is InChI=1S/C6H10N4O/c1-5(4-11)2-10-3-6(7)8-9-10/h3-5H,2,7H2,1H3. The number of aromatic nitrogens is 3. The molecule has 0 aliphatic rings. The van der Waals surface area contributed by atoms with Crippen molar-refractivity contribution in [1.29, 1.82) is 0 Å². The number of aldehydes is 1. The van der Waals surface area contributed by atoms with E-state index >= 15 is 0 Å². The summed E-state index contributed by atoms with van der Waals surface area (Å²) >= 11 is 0. The molecule has 1 unspecified atom stereocenters. The summed E-state index contributed by atoms with van der Waals surface area (Å²) in [5.41, 5.74) is 5.31. The molecule has 5 heteroatoms. The Morgan fingerprint density at radius 1 is 1.91 bits per heavy atom. The topological polar surface area (TPSA) is 73.8 Å². The third kappa shape index (κ3) is 2.03. The van der Waals surface area contributed by atoms with E-state index < -0.39 is 0 Å². The minimum atomic E-state index is -0.0453. The summed E-state index contributed by atoms with van der Waals surface area (Å²) in [5, 5.41) is 7.27. The van der Waals surface area contributed by atoms with Crippen LogP contribution < -0.4 is 5.73 Å². The lowest BCUT2D eigenvalue weighted by Crippen LogP contribution is -2.08. The Hall–Kier alpha value is -1.39. The highest BCUT2D eigenvalue weighted by atomic mass is 16.1. The van der Waals surface area contributed by atoms with Crippen molar-refractivity contribution in [2.24, 2.45) is 5.92 Å². The maximum Gasteiger partial charge on any atom is 0.165 e. The van der Waals surface area contributed by atoms with Gasteiger partial charge in [-0.05, 0) is 0 Å². The van der Waals surface area contributed by atoms with Crippen LogP contribution in [0, 0.1) is 5.92 Å². The second kappa shape index (κ2) is 3.14. The lowest BCUT2D eigenvalue weighted by atomic mass is 10.2. The van der Waals surface area contributed by atoms with Crippen molar-refractivity contribution in [2.75, 3.05) is 5.73 Å². The number of nitrogen functional groups attached to an aromatic ring is 1. The quantitative estimate of drug-likeness (QED) is 0.606. The maximum absolute atomic E-state index is 10.2. The van der Waals surface area contributed by atoms with Crippen LogP contribution in [0.2, 0.25) is 0 Å². The van der Waals surface area contributed by atoms with Crippen molar-refractivity contribution < 1.29 is 4.79 Å². The third-order valence-corrected chi connectivity index (χ3v) is 1.26. The van der Waals surface area contributed by atoms with E-state index in [0.29, 0.717) is 12.4 Å². The highest BCUT2D eigenvalue weighted by molar-refractivity contribution is 5.52. The molecule has 1 aromatic heterocycles. The zero-order valence-electron chi connectivity index (χ0n) is 6.27. The number of carbonyl (C=O) groups is 1. The van der Waals surface area contributed by atoms with Crippen molar-refractivity contribution in [2.45, 2.75) is 13.5 Å². The molecule has 60 valence electrons. The van der Waals surface area contributed by atoms with Crippen LogP contribution in [0.15, 0.2) is 6.20 Å². The van der Waals surface area contributed by atoms with Crippen LogP contribution in [0.1, 0.15) is 6.92 Å². The molecule has 1 atom stereocenters. The van der Waals surface area contributed by atoms with Gasteiger partial charge in [0, 0.05) is 5.92 Å². The average Bonchev–Trinajstić information content (AvgIpc) is 2.35. The lowest BCUT2D eigenvalue weighted by molar-refractivity contribution is -0.111. The van der Waals surface area contributed by atoms with Gasteiger partial charge in [0.2, 0.25) is 0 Å². The van der Waals surface area contributed by atoms with Gasteiger partial charge in [-0.3, -0.25) is 0 Å². The predicted octanol–water partition coefficient (Wildman–Crippen LogP) is -0.305. The smallest absolute Gasteiger partial charge is 0.165 e. The third-order valence-electron chi connectivity index (χ3n) is 1.26. The second-order valence-corrected chi connectivity index (χ2v) is 2.48. The first-order valence-electron chi connectivity index (χ1n) is 3.33. The van der Waals surface area contributed by atoms with Gasteiger partial charge >= 0.3 is 0 Å². The monoisotopic (exact) mass is 154 g/mol. The van der Waals surface area contributed by atoms with E-state index in [1.165, 1.54) is 0 Å². The summed E-state index contributed by atoms with van der Waals surface area (Å²) in [7, 11) is 0. The van der Waals surface area contributed by atoms with Crippen LogP contribution in [0.4, 0.5) is 5.82 Å². The van der Waals surface area contributed by atoms with Crippen LogP contribution in [-0.2, 0) is 11.3 Å². The average molecular weight is 154 g/mol. The summed E-state index contributed by atoms with van der Waals surface area (Å²) in [6, 6.07) is 0. The van der Waals surface area contributed by atoms with Gasteiger partial charge in [-0.15, -0.1) is 5.10 Å². The Morgan fingerprint density at radius 2 is 2.64 bits per heavy atom. The minimum Gasteiger partial charge on any atom is -0.381 e. The van der Waals surface area contributed by atoms with Crippen LogP contribution in [0.3, 0.4) is 0 Å². The summed E-state index contributed by atoms with van der Waals surface area (Å²) in [6.07, 6.45) is 2.47. The predicted molar refractivity (Wildman–Crippen MR) is 39.7 cm³/mol. The molecule has 5 nitrogen and oxygen atoms in total. The van der Waals surface area contributed by atoms with E-state index in [-0.39, 0.29) is 5.92 Å². The zero-order chi connectivity index (χ0) is 8.27. The number of hydrogen-bond donors (Lipinski definition) is 1. The van der Waals surface area contributed by atoms with Crippen LogP contribution in [0.5, 0.6) is 0 Å². The van der Waals surface area contributed by atoms with E-state index in [0.717, 1.165) is 6.29 Å². The van der Waals surface area contributed by atoms with Gasteiger partial charge in [0.15, 0.2) is 5.82 Å². The molecule has 0 aromatic carbocycles. The Balaban J connectivity index is 2.57. The molecule has 0 saturated heterocycles. The SMILES string of the molecule is CC(C=O)Cn1cc(N)nn1. The molecule has 0 bridgehead atoms. The summed E-state index contributed by atoms with van der Waals surface area (Å²) in [6.45, 7) is 2.35. The van der Waals surface area contributed by atoms with E-state index in [4.69, 9.17) is 5.73 Å². The molecule has 0 radical (unpaired) electrons. The fourth-order valence-corrected chi connectivity index (χ4v) is 0.741. The molecule has 0 amide bonds. The van der Waals surface area contributed by atoms with Crippen LogP contribution >= 0.6 is 0 Å². The van der Waals surface area contributed by atoms with Crippen molar-refractivity contribution in [3.63, 3.8) is 0 Å². The van der Waals surface area contributed by atoms with Crippen molar-refractivity contribution in [1.82, 2.24) is 15.0 Å².